The number of aromatic nitrogens is 1. The number of ether oxygens (including phenoxy) is 1. The number of unbranched alkanes of at least 4 members (excludes halogenated alkanes) is 1. The smallest absolute Gasteiger partial charge is 0.416 e. The van der Waals surface area contributed by atoms with Gasteiger partial charge in [-0.2, -0.15) is 132 Å². The number of benzene rings is 5. The number of pyridine rings is 1. The normalized spacial score (nSPS) is 13.3. The predicted molar refractivity (Wildman–Crippen MR) is 227 cm³/mol. The first-order valence-corrected chi connectivity index (χ1v) is 21.6. The van der Waals surface area contributed by atoms with Crippen molar-refractivity contribution in [2.45, 2.75) is 75.7 Å². The van der Waals surface area contributed by atoms with E-state index in [4.69, 9.17) is 4.74 Å². The third kappa shape index (κ3) is 14.8. The van der Waals surface area contributed by atoms with E-state index in [-0.39, 0.29) is 5.97 Å². The number of carbonyl (C=O) groups is 1. The molecule has 3 nitrogen and oxygen atoms in total. The fourth-order valence-electron chi connectivity index (χ4n) is 8.03. The summed E-state index contributed by atoms with van der Waals surface area (Å²) in [4.78, 5) is 12.1. The van der Waals surface area contributed by atoms with Crippen LogP contribution in [0.5, 0.6) is 0 Å². The van der Waals surface area contributed by atoms with E-state index in [2.05, 4.69) is 6.92 Å². The molecule has 5 aromatic carbocycles. The van der Waals surface area contributed by atoms with Crippen LogP contribution in [-0.4, -0.2) is 18.7 Å². The summed E-state index contributed by atoms with van der Waals surface area (Å²) in [5, 5.41) is 0. The van der Waals surface area contributed by atoms with E-state index >= 15 is 0 Å². The van der Waals surface area contributed by atoms with E-state index < -0.39 is 195 Å². The average molecular weight is 1130 g/mol. The van der Waals surface area contributed by atoms with Crippen LogP contribution in [0.1, 0.15) is 80.3 Å². The number of carbonyl (C=O) groups excluding carboxylic acids is 1. The topological polar surface area (TPSA) is 30.2 Å². The number of hydrogen-bond acceptors (Lipinski definition) is 2. The predicted octanol–water partition coefficient (Wildman–Crippen LogP) is 14.2. The van der Waals surface area contributed by atoms with Gasteiger partial charge in [-0.3, -0.25) is 0 Å². The molecule has 77 heavy (non-hydrogen) atoms. The summed E-state index contributed by atoms with van der Waals surface area (Å²) in [5.41, 5.74) is -28.5. The van der Waals surface area contributed by atoms with Crippen molar-refractivity contribution in [1.29, 1.82) is 0 Å². The third-order valence-electron chi connectivity index (χ3n) is 11.5. The lowest BCUT2D eigenvalue weighted by molar-refractivity contribution is -0.690. The number of rotatable bonds is 10. The van der Waals surface area contributed by atoms with Gasteiger partial charge in [0.15, 0.2) is 12.7 Å². The molecular weight excluding hydrogens is 1100 g/mol. The maximum absolute atomic E-state index is 14.2. The first-order valence-electron chi connectivity index (χ1n) is 21.6. The number of nitrogens with zero attached hydrogens (tertiary/aromatic N) is 1. The minimum atomic E-state index is -6.13. The molecule has 1 heterocycles. The van der Waals surface area contributed by atoms with E-state index in [1.807, 2.05) is 53.2 Å². The Balaban J connectivity index is 0.000000455. The van der Waals surface area contributed by atoms with Crippen molar-refractivity contribution in [3.8, 4) is 0 Å². The molecule has 28 heteroatoms. The summed E-state index contributed by atoms with van der Waals surface area (Å²) in [6.07, 6.45) is -51.0. The van der Waals surface area contributed by atoms with Gasteiger partial charge in [-0.15, -0.1) is 0 Å². The molecule has 0 amide bonds. The number of hydrogen-bond donors (Lipinski definition) is 0. The van der Waals surface area contributed by atoms with E-state index in [1.165, 1.54) is 0 Å². The van der Waals surface area contributed by atoms with Gasteiger partial charge in [0.05, 0.1) is 51.1 Å². The summed E-state index contributed by atoms with van der Waals surface area (Å²) in [7, 11) is 0. The third-order valence-corrected chi connectivity index (χ3v) is 11.5. The molecule has 0 aliphatic heterocycles. The first kappa shape index (κ1) is 61.0. The standard InChI is InChI=1S/C32H12BF24.C17H20NO2/c34-25(35,36)13-1-14(26(37,38)39)6-21(5-13)33(22-7-15(27(40,41)42)2-16(8-22)28(43,44)45,23-9-17(29(46,47)48)3-18(10-23)30(49,50)51)24-11-19(31(52,53)54)4-20(12-24)32(55,56)57;1-2-3-13-20-17(19)16-11-7-8-12-18(16)14-15-9-5-4-6-10-15/h1-12H;4-12H,2-3,13-14H2,1H3/q-1;+1. The average Bonchev–Trinajstić information content (AvgIpc) is 3.30. The summed E-state index contributed by atoms with van der Waals surface area (Å²) in [5.74, 6) is -0.255. The molecule has 0 fully saturated rings. The van der Waals surface area contributed by atoms with Gasteiger partial charge in [0, 0.05) is 17.7 Å². The molecule has 0 saturated carbocycles. The molecule has 0 atom stereocenters. The van der Waals surface area contributed by atoms with Crippen LogP contribution >= 0.6 is 0 Å². The summed E-state index contributed by atoms with van der Waals surface area (Å²) in [6.45, 7) is 3.22. The molecule has 0 aliphatic rings. The summed E-state index contributed by atoms with van der Waals surface area (Å²) >= 11 is 0. The van der Waals surface area contributed by atoms with Crippen LogP contribution in [0.3, 0.4) is 0 Å². The zero-order chi connectivity index (χ0) is 58.1. The second kappa shape index (κ2) is 21.9. The highest BCUT2D eigenvalue weighted by molar-refractivity contribution is 7.20. The fourth-order valence-corrected chi connectivity index (χ4v) is 8.03. The molecule has 416 valence electrons. The summed E-state index contributed by atoms with van der Waals surface area (Å²) < 4.78 is 348. The van der Waals surface area contributed by atoms with Gasteiger partial charge in [-0.25, -0.2) is 4.79 Å². The van der Waals surface area contributed by atoms with E-state index in [0.717, 1.165) is 18.4 Å². The summed E-state index contributed by atoms with van der Waals surface area (Å²) in [6, 6.07) is 6.85. The van der Waals surface area contributed by atoms with E-state index in [9.17, 15) is 110 Å². The van der Waals surface area contributed by atoms with Crippen molar-refractivity contribution in [2.75, 3.05) is 6.61 Å². The Morgan fingerprint density at radius 2 is 0.675 bits per heavy atom. The lowest BCUT2D eigenvalue weighted by atomic mass is 9.12. The molecule has 0 radical (unpaired) electrons. The molecule has 6 aromatic rings. The van der Waals surface area contributed by atoms with Crippen molar-refractivity contribution in [2.24, 2.45) is 0 Å². The lowest BCUT2D eigenvalue weighted by Gasteiger charge is -2.46. The minimum absolute atomic E-state index is 0.255. The van der Waals surface area contributed by atoms with Gasteiger partial charge in [0.2, 0.25) is 0 Å². The van der Waals surface area contributed by atoms with Crippen LogP contribution in [0, 0.1) is 0 Å². The molecule has 0 spiro atoms. The first-order chi connectivity index (χ1) is 35.1. The molecule has 0 saturated heterocycles. The number of alkyl halides is 24. The van der Waals surface area contributed by atoms with Gasteiger partial charge in [0.25, 0.3) is 5.69 Å². The maximum atomic E-state index is 14.2. The number of esters is 1. The van der Waals surface area contributed by atoms with Crippen LogP contribution in [-0.2, 0) is 60.7 Å². The zero-order valence-corrected chi connectivity index (χ0v) is 38.4. The van der Waals surface area contributed by atoms with Crippen molar-refractivity contribution in [3.63, 3.8) is 0 Å². The SMILES string of the molecule is CCCCOC(=O)c1cccc[n+]1Cc1ccccc1.FC(F)(F)c1cc([B-](c2cc(C(F)(F)F)cc(C(F)(F)F)c2)(c2cc(C(F)(F)F)cc(C(F)(F)F)c2)c2cc(C(F)(F)F)cc(C(F)(F)F)c2)cc(C(F)(F)F)c1. The van der Waals surface area contributed by atoms with Crippen molar-refractivity contribution in [3.05, 3.63) is 183 Å². The Hall–Kier alpha value is -6.90. The van der Waals surface area contributed by atoms with Gasteiger partial charge >= 0.3 is 55.4 Å². The largest absolute Gasteiger partial charge is 0.458 e. The van der Waals surface area contributed by atoms with Gasteiger partial charge < -0.3 is 4.74 Å². The highest BCUT2D eigenvalue weighted by Gasteiger charge is 2.47. The van der Waals surface area contributed by atoms with Crippen LogP contribution < -0.4 is 26.4 Å². The Kier molecular flexibility index (Phi) is 17.3. The van der Waals surface area contributed by atoms with Crippen LogP contribution in [0.2, 0.25) is 0 Å². The highest BCUT2D eigenvalue weighted by atomic mass is 19.4. The quantitative estimate of drug-likeness (QED) is 0.0450. The van der Waals surface area contributed by atoms with Crippen LogP contribution in [0.4, 0.5) is 105 Å². The van der Waals surface area contributed by atoms with Gasteiger partial charge in [0.1, 0.15) is 6.15 Å². The van der Waals surface area contributed by atoms with E-state index in [0.29, 0.717) is 18.8 Å². The maximum Gasteiger partial charge on any atom is 0.416 e. The monoisotopic (exact) mass is 1130 g/mol. The molecule has 0 unspecified atom stereocenters. The Bertz CT molecular complexity index is 2600. The molecule has 1 aromatic heterocycles. The Labute approximate surface area is 418 Å². The second-order valence-electron chi connectivity index (χ2n) is 16.9. The zero-order valence-electron chi connectivity index (χ0n) is 38.4. The second-order valence-corrected chi connectivity index (χ2v) is 16.9. The lowest BCUT2D eigenvalue weighted by Crippen LogP contribution is -2.75. The van der Waals surface area contributed by atoms with E-state index in [1.54, 1.807) is 6.07 Å². The minimum Gasteiger partial charge on any atom is -0.458 e. The molecule has 0 bridgehead atoms. The Morgan fingerprint density at radius 1 is 0.403 bits per heavy atom. The molecule has 6 rings (SSSR count). The Morgan fingerprint density at radius 3 is 0.935 bits per heavy atom. The molecular formula is C49H32BF24NO2. The van der Waals surface area contributed by atoms with Crippen molar-refractivity contribution < 1.29 is 119 Å². The van der Waals surface area contributed by atoms with Crippen LogP contribution in [0.25, 0.3) is 0 Å². The van der Waals surface area contributed by atoms with Crippen molar-refractivity contribution in [1.82, 2.24) is 0 Å². The van der Waals surface area contributed by atoms with Crippen LogP contribution in [0.15, 0.2) is 128 Å². The molecule has 0 N–H and O–H groups in total. The van der Waals surface area contributed by atoms with Gasteiger partial charge in [-0.05, 0) is 36.8 Å². The molecule has 0 aliphatic carbocycles. The highest BCUT2D eigenvalue weighted by Crippen LogP contribution is 2.41. The van der Waals surface area contributed by atoms with Crippen molar-refractivity contribution >= 4 is 34.0 Å². The van der Waals surface area contributed by atoms with Gasteiger partial charge in [-0.1, -0.05) is 92.2 Å². The number of halogens is 24. The fraction of sp³-hybridized carbons (Fsp3) is 0.265.